The van der Waals surface area contributed by atoms with Crippen molar-refractivity contribution in [2.24, 2.45) is 4.99 Å². The topological polar surface area (TPSA) is 12.4 Å². The van der Waals surface area contributed by atoms with Gasteiger partial charge >= 0.3 is 0 Å². The van der Waals surface area contributed by atoms with Crippen molar-refractivity contribution in [2.45, 2.75) is 6.92 Å². The highest BCUT2D eigenvalue weighted by Gasteiger charge is 1.95. The maximum absolute atomic E-state index is 12.6. The molecular formula is C9H10FN. The van der Waals surface area contributed by atoms with Gasteiger partial charge in [-0.25, -0.2) is 4.39 Å². The first-order chi connectivity index (χ1) is 5.24. The molecule has 1 aromatic carbocycles. The predicted octanol–water partition coefficient (Wildman–Crippen LogP) is 2.18. The van der Waals surface area contributed by atoms with Gasteiger partial charge in [-0.3, -0.25) is 4.99 Å². The molecule has 0 spiro atoms. The third kappa shape index (κ3) is 1.87. The highest BCUT2D eigenvalue weighted by Crippen LogP contribution is 2.07. The molecule has 0 heterocycles. The molecule has 0 N–H and O–H groups in total. The second kappa shape index (κ2) is 3.28. The lowest BCUT2D eigenvalue weighted by molar-refractivity contribution is 0.627. The molecule has 0 fully saturated rings. The van der Waals surface area contributed by atoms with Crippen LogP contribution in [0, 0.1) is 12.7 Å². The van der Waals surface area contributed by atoms with Crippen molar-refractivity contribution in [1.29, 1.82) is 0 Å². The fraction of sp³-hybridized carbons (Fsp3) is 0.222. The first kappa shape index (κ1) is 7.92. The molecule has 0 aromatic heterocycles. The van der Waals surface area contributed by atoms with Crippen molar-refractivity contribution in [3.63, 3.8) is 0 Å². The van der Waals surface area contributed by atoms with Crippen LogP contribution in [-0.4, -0.2) is 13.3 Å². The van der Waals surface area contributed by atoms with Crippen LogP contribution in [0.1, 0.15) is 11.1 Å². The van der Waals surface area contributed by atoms with Gasteiger partial charge in [0, 0.05) is 13.3 Å². The maximum Gasteiger partial charge on any atom is 0.123 e. The predicted molar refractivity (Wildman–Crippen MR) is 44.7 cm³/mol. The van der Waals surface area contributed by atoms with E-state index < -0.39 is 0 Å². The summed E-state index contributed by atoms with van der Waals surface area (Å²) in [7, 11) is 1.67. The lowest BCUT2D eigenvalue weighted by Crippen LogP contribution is -1.87. The molecule has 0 atom stereocenters. The standard InChI is InChI=1S/C9H10FN/c1-7-3-4-9(10)5-8(7)6-11-2/h3-6H,1-2H3. The Kier molecular flexibility index (Phi) is 2.36. The molecule has 0 bridgehead atoms. The summed E-state index contributed by atoms with van der Waals surface area (Å²) in [6, 6.07) is 4.66. The van der Waals surface area contributed by atoms with Crippen LogP contribution >= 0.6 is 0 Å². The monoisotopic (exact) mass is 151 g/mol. The molecule has 0 saturated carbocycles. The SMILES string of the molecule is CN=Cc1cc(F)ccc1C. The summed E-state index contributed by atoms with van der Waals surface area (Å²) in [5, 5.41) is 0. The molecule has 0 aliphatic heterocycles. The van der Waals surface area contributed by atoms with Gasteiger partial charge in [0.2, 0.25) is 0 Å². The maximum atomic E-state index is 12.6. The Balaban J connectivity index is 3.12. The summed E-state index contributed by atoms with van der Waals surface area (Å²) in [6.07, 6.45) is 1.65. The largest absolute Gasteiger partial charge is 0.296 e. The first-order valence-electron chi connectivity index (χ1n) is 3.42. The molecule has 0 aliphatic rings. The third-order valence-electron chi connectivity index (χ3n) is 1.51. The van der Waals surface area contributed by atoms with Crippen LogP contribution in [0.15, 0.2) is 23.2 Å². The van der Waals surface area contributed by atoms with Crippen LogP contribution in [0.25, 0.3) is 0 Å². The van der Waals surface area contributed by atoms with Gasteiger partial charge in [-0.05, 0) is 30.2 Å². The van der Waals surface area contributed by atoms with Crippen LogP contribution in [-0.2, 0) is 0 Å². The summed E-state index contributed by atoms with van der Waals surface area (Å²) in [5.74, 6) is -0.217. The number of rotatable bonds is 1. The average Bonchev–Trinajstić information content (AvgIpc) is 1.98. The van der Waals surface area contributed by atoms with Crippen molar-refractivity contribution < 1.29 is 4.39 Å². The van der Waals surface area contributed by atoms with Crippen LogP contribution in [0.2, 0.25) is 0 Å². The van der Waals surface area contributed by atoms with E-state index in [4.69, 9.17) is 0 Å². The summed E-state index contributed by atoms with van der Waals surface area (Å²) >= 11 is 0. The van der Waals surface area contributed by atoms with Crippen LogP contribution in [0.4, 0.5) is 4.39 Å². The Labute approximate surface area is 65.6 Å². The highest BCUT2D eigenvalue weighted by atomic mass is 19.1. The van der Waals surface area contributed by atoms with Crippen LogP contribution < -0.4 is 0 Å². The molecule has 1 nitrogen and oxygen atoms in total. The van der Waals surface area contributed by atoms with Gasteiger partial charge in [-0.1, -0.05) is 6.07 Å². The second-order valence-corrected chi connectivity index (χ2v) is 2.39. The van der Waals surface area contributed by atoms with Gasteiger partial charge in [0.15, 0.2) is 0 Å². The highest BCUT2D eigenvalue weighted by molar-refractivity contribution is 5.81. The zero-order valence-electron chi connectivity index (χ0n) is 6.63. The zero-order chi connectivity index (χ0) is 8.27. The van der Waals surface area contributed by atoms with E-state index in [0.29, 0.717) is 0 Å². The average molecular weight is 151 g/mol. The van der Waals surface area contributed by atoms with Gasteiger partial charge in [0.1, 0.15) is 5.82 Å². The molecule has 0 aliphatic carbocycles. The van der Waals surface area contributed by atoms with E-state index in [1.54, 1.807) is 19.3 Å². The summed E-state index contributed by atoms with van der Waals surface area (Å²) in [4.78, 5) is 3.82. The minimum Gasteiger partial charge on any atom is -0.296 e. The fourth-order valence-corrected chi connectivity index (χ4v) is 0.890. The molecule has 0 unspecified atom stereocenters. The summed E-state index contributed by atoms with van der Waals surface area (Å²) < 4.78 is 12.6. The van der Waals surface area contributed by atoms with E-state index in [1.807, 2.05) is 6.92 Å². The fourth-order valence-electron chi connectivity index (χ4n) is 0.890. The number of hydrogen-bond acceptors (Lipinski definition) is 1. The second-order valence-electron chi connectivity index (χ2n) is 2.39. The number of hydrogen-bond donors (Lipinski definition) is 0. The number of benzene rings is 1. The van der Waals surface area contributed by atoms with Gasteiger partial charge in [0.05, 0.1) is 0 Å². The normalized spacial score (nSPS) is 10.8. The van der Waals surface area contributed by atoms with Gasteiger partial charge < -0.3 is 0 Å². The van der Waals surface area contributed by atoms with E-state index in [2.05, 4.69) is 4.99 Å². The Morgan fingerprint density at radius 1 is 1.45 bits per heavy atom. The smallest absolute Gasteiger partial charge is 0.123 e. The van der Waals surface area contributed by atoms with Crippen molar-refractivity contribution in [2.75, 3.05) is 7.05 Å². The number of nitrogens with zero attached hydrogens (tertiary/aromatic N) is 1. The Morgan fingerprint density at radius 2 is 2.18 bits per heavy atom. The lowest BCUT2D eigenvalue weighted by atomic mass is 10.1. The molecule has 11 heavy (non-hydrogen) atoms. The quantitative estimate of drug-likeness (QED) is 0.545. The molecule has 0 amide bonds. The summed E-state index contributed by atoms with van der Waals surface area (Å²) in [6.45, 7) is 1.93. The lowest BCUT2D eigenvalue weighted by Gasteiger charge is -1.97. The Bertz CT molecular complexity index is 279. The first-order valence-corrected chi connectivity index (χ1v) is 3.42. The Morgan fingerprint density at radius 3 is 2.82 bits per heavy atom. The molecule has 0 radical (unpaired) electrons. The molecule has 1 aromatic rings. The van der Waals surface area contributed by atoms with Crippen molar-refractivity contribution in [1.82, 2.24) is 0 Å². The van der Waals surface area contributed by atoms with E-state index in [0.717, 1.165) is 11.1 Å². The van der Waals surface area contributed by atoms with E-state index >= 15 is 0 Å². The molecule has 58 valence electrons. The minimum absolute atomic E-state index is 0.217. The molecule has 0 saturated heterocycles. The van der Waals surface area contributed by atoms with Crippen LogP contribution in [0.3, 0.4) is 0 Å². The number of aliphatic imine (C=N–C) groups is 1. The molecule has 2 heteroatoms. The van der Waals surface area contributed by atoms with Gasteiger partial charge in [-0.15, -0.1) is 0 Å². The Hall–Kier alpha value is -1.18. The number of halogens is 1. The molecule has 1 rings (SSSR count). The molecular weight excluding hydrogens is 141 g/mol. The van der Waals surface area contributed by atoms with E-state index in [9.17, 15) is 4.39 Å². The summed E-state index contributed by atoms with van der Waals surface area (Å²) in [5.41, 5.74) is 1.88. The van der Waals surface area contributed by atoms with E-state index in [-0.39, 0.29) is 5.82 Å². The number of aryl methyl sites for hydroxylation is 1. The zero-order valence-corrected chi connectivity index (χ0v) is 6.63. The van der Waals surface area contributed by atoms with Gasteiger partial charge in [-0.2, -0.15) is 0 Å². The third-order valence-corrected chi connectivity index (χ3v) is 1.51. The van der Waals surface area contributed by atoms with Crippen molar-refractivity contribution >= 4 is 6.21 Å². The van der Waals surface area contributed by atoms with E-state index in [1.165, 1.54) is 12.1 Å². The van der Waals surface area contributed by atoms with Crippen molar-refractivity contribution in [3.8, 4) is 0 Å². The van der Waals surface area contributed by atoms with Crippen molar-refractivity contribution in [3.05, 3.63) is 35.1 Å². The van der Waals surface area contributed by atoms with Gasteiger partial charge in [0.25, 0.3) is 0 Å². The van der Waals surface area contributed by atoms with Crippen LogP contribution in [0.5, 0.6) is 0 Å². The minimum atomic E-state index is -0.217.